The minimum Gasteiger partial charge on any atom is -0.352 e. The van der Waals surface area contributed by atoms with Crippen LogP contribution in [-0.2, 0) is 6.54 Å². The van der Waals surface area contributed by atoms with Gasteiger partial charge in [0.25, 0.3) is 11.5 Å². The van der Waals surface area contributed by atoms with E-state index in [1.807, 2.05) is 31.2 Å². The van der Waals surface area contributed by atoms with E-state index in [1.54, 1.807) is 29.0 Å². The van der Waals surface area contributed by atoms with Crippen molar-refractivity contribution in [1.29, 1.82) is 0 Å². The summed E-state index contributed by atoms with van der Waals surface area (Å²) in [7, 11) is 0. The van der Waals surface area contributed by atoms with Gasteiger partial charge >= 0.3 is 0 Å². The Balaban J connectivity index is 1.79. The van der Waals surface area contributed by atoms with Crippen LogP contribution >= 0.6 is 0 Å². The molecule has 0 saturated carbocycles. The Bertz CT molecular complexity index is 632. The lowest BCUT2D eigenvalue weighted by atomic mass is 10.2. The smallest absolute Gasteiger partial charge is 0.251 e. The largest absolute Gasteiger partial charge is 0.352 e. The van der Waals surface area contributed by atoms with Crippen molar-refractivity contribution in [3.8, 4) is 0 Å². The number of aryl methyl sites for hydroxylation is 2. The Morgan fingerprint density at radius 2 is 1.95 bits per heavy atom. The first-order valence-corrected chi connectivity index (χ1v) is 6.67. The summed E-state index contributed by atoms with van der Waals surface area (Å²) in [5.74, 6) is -0.0816. The average molecular weight is 270 g/mol. The highest BCUT2D eigenvalue weighted by atomic mass is 16.1. The number of pyridine rings is 1. The molecule has 1 N–H and O–H groups in total. The van der Waals surface area contributed by atoms with E-state index in [9.17, 15) is 9.59 Å². The highest BCUT2D eigenvalue weighted by molar-refractivity contribution is 5.94. The topological polar surface area (TPSA) is 51.1 Å². The number of nitrogens with one attached hydrogen (secondary N) is 1. The van der Waals surface area contributed by atoms with Crippen LogP contribution in [0.2, 0.25) is 0 Å². The fourth-order valence-corrected chi connectivity index (χ4v) is 1.93. The molecule has 0 aliphatic carbocycles. The monoisotopic (exact) mass is 270 g/mol. The minimum atomic E-state index is -0.0816. The van der Waals surface area contributed by atoms with Crippen molar-refractivity contribution in [2.45, 2.75) is 19.9 Å². The normalized spacial score (nSPS) is 10.2. The van der Waals surface area contributed by atoms with Gasteiger partial charge in [0.2, 0.25) is 0 Å². The maximum atomic E-state index is 11.8. The molecule has 1 heterocycles. The summed E-state index contributed by atoms with van der Waals surface area (Å²) < 4.78 is 1.65. The second kappa shape index (κ2) is 6.70. The summed E-state index contributed by atoms with van der Waals surface area (Å²) in [4.78, 5) is 23.5. The Labute approximate surface area is 118 Å². The number of nitrogens with zero attached hydrogens (tertiary/aromatic N) is 1. The molecule has 2 rings (SSSR count). The van der Waals surface area contributed by atoms with Gasteiger partial charge in [-0.1, -0.05) is 18.2 Å². The average Bonchev–Trinajstić information content (AvgIpc) is 2.46. The van der Waals surface area contributed by atoms with Crippen molar-refractivity contribution >= 4 is 5.91 Å². The molecule has 104 valence electrons. The SMILES string of the molecule is Cc1ccn(CCCNC(=O)c2ccccc2)c(=O)c1. The Hall–Kier alpha value is -2.36. The third kappa shape index (κ3) is 3.82. The molecular formula is C16H18N2O2. The molecule has 0 radical (unpaired) electrons. The molecule has 0 unspecified atom stereocenters. The van der Waals surface area contributed by atoms with Crippen LogP contribution in [-0.4, -0.2) is 17.0 Å². The summed E-state index contributed by atoms with van der Waals surface area (Å²) >= 11 is 0. The summed E-state index contributed by atoms with van der Waals surface area (Å²) in [5, 5.41) is 2.85. The molecule has 0 aliphatic rings. The van der Waals surface area contributed by atoms with Crippen molar-refractivity contribution in [1.82, 2.24) is 9.88 Å². The summed E-state index contributed by atoms with van der Waals surface area (Å²) in [6.07, 6.45) is 2.51. The molecule has 20 heavy (non-hydrogen) atoms. The highest BCUT2D eigenvalue weighted by Crippen LogP contribution is 1.98. The molecule has 0 bridgehead atoms. The standard InChI is InChI=1S/C16H18N2O2/c1-13-8-11-18(15(19)12-13)10-5-9-17-16(20)14-6-3-2-4-7-14/h2-4,6-8,11-12H,5,9-10H2,1H3,(H,17,20). The number of carbonyl (C=O) groups is 1. The van der Waals surface area contributed by atoms with Crippen LogP contribution in [0.15, 0.2) is 53.5 Å². The first-order valence-electron chi connectivity index (χ1n) is 6.67. The number of rotatable bonds is 5. The number of benzene rings is 1. The lowest BCUT2D eigenvalue weighted by molar-refractivity contribution is 0.0952. The van der Waals surface area contributed by atoms with Gasteiger partial charge in [-0.15, -0.1) is 0 Å². The van der Waals surface area contributed by atoms with Crippen LogP contribution < -0.4 is 10.9 Å². The molecule has 4 nitrogen and oxygen atoms in total. The first-order chi connectivity index (χ1) is 9.66. The summed E-state index contributed by atoms with van der Waals surface area (Å²) in [6, 6.07) is 12.6. The molecule has 2 aromatic rings. The lowest BCUT2D eigenvalue weighted by Gasteiger charge is -2.07. The molecular weight excluding hydrogens is 252 g/mol. The summed E-state index contributed by atoms with van der Waals surface area (Å²) in [5.41, 5.74) is 1.61. The molecule has 0 aliphatic heterocycles. The van der Waals surface area contributed by atoms with Crippen LogP contribution in [0.4, 0.5) is 0 Å². The molecule has 0 spiro atoms. The van der Waals surface area contributed by atoms with E-state index in [2.05, 4.69) is 5.32 Å². The molecule has 0 fully saturated rings. The quantitative estimate of drug-likeness (QED) is 0.845. The lowest BCUT2D eigenvalue weighted by Crippen LogP contribution is -2.26. The molecule has 1 aromatic carbocycles. The van der Waals surface area contributed by atoms with Crippen molar-refractivity contribution in [2.24, 2.45) is 0 Å². The highest BCUT2D eigenvalue weighted by Gasteiger charge is 2.03. The number of carbonyl (C=O) groups excluding carboxylic acids is 1. The van der Waals surface area contributed by atoms with Crippen LogP contribution in [0.3, 0.4) is 0 Å². The predicted octanol–water partition coefficient (Wildman–Crippen LogP) is 1.98. The molecule has 0 saturated heterocycles. The van der Waals surface area contributed by atoms with Crippen LogP contribution in [0.1, 0.15) is 22.3 Å². The zero-order chi connectivity index (χ0) is 14.4. The molecule has 0 atom stereocenters. The number of amides is 1. The van der Waals surface area contributed by atoms with Gasteiger partial charge in [-0.25, -0.2) is 0 Å². The third-order valence-corrected chi connectivity index (χ3v) is 3.05. The second-order valence-electron chi connectivity index (χ2n) is 4.71. The van der Waals surface area contributed by atoms with E-state index >= 15 is 0 Å². The van der Waals surface area contributed by atoms with Crippen molar-refractivity contribution in [3.05, 3.63) is 70.1 Å². The molecule has 1 amide bonds. The molecule has 4 heteroatoms. The maximum absolute atomic E-state index is 11.8. The van der Waals surface area contributed by atoms with Gasteiger partial charge in [-0.2, -0.15) is 0 Å². The van der Waals surface area contributed by atoms with Crippen LogP contribution in [0, 0.1) is 6.92 Å². The van der Waals surface area contributed by atoms with E-state index in [4.69, 9.17) is 0 Å². The van der Waals surface area contributed by atoms with E-state index in [1.165, 1.54) is 0 Å². The Morgan fingerprint density at radius 1 is 1.20 bits per heavy atom. The van der Waals surface area contributed by atoms with Gasteiger partial charge in [-0.3, -0.25) is 9.59 Å². The van der Waals surface area contributed by atoms with E-state index in [0.717, 1.165) is 12.0 Å². The fraction of sp³-hybridized carbons (Fsp3) is 0.250. The maximum Gasteiger partial charge on any atom is 0.251 e. The van der Waals surface area contributed by atoms with Gasteiger partial charge in [0.15, 0.2) is 0 Å². The van der Waals surface area contributed by atoms with Gasteiger partial charge in [0.05, 0.1) is 0 Å². The van der Waals surface area contributed by atoms with Crippen molar-refractivity contribution in [2.75, 3.05) is 6.54 Å². The third-order valence-electron chi connectivity index (χ3n) is 3.05. The van der Waals surface area contributed by atoms with Gasteiger partial charge in [0.1, 0.15) is 0 Å². The second-order valence-corrected chi connectivity index (χ2v) is 4.71. The van der Waals surface area contributed by atoms with Crippen LogP contribution in [0.5, 0.6) is 0 Å². The van der Waals surface area contributed by atoms with Gasteiger partial charge < -0.3 is 9.88 Å². The Morgan fingerprint density at radius 3 is 2.65 bits per heavy atom. The van der Waals surface area contributed by atoms with E-state index in [-0.39, 0.29) is 11.5 Å². The van der Waals surface area contributed by atoms with Crippen molar-refractivity contribution < 1.29 is 4.79 Å². The van der Waals surface area contributed by atoms with E-state index < -0.39 is 0 Å². The zero-order valence-electron chi connectivity index (χ0n) is 11.5. The van der Waals surface area contributed by atoms with Crippen molar-refractivity contribution in [3.63, 3.8) is 0 Å². The fourth-order valence-electron chi connectivity index (χ4n) is 1.93. The predicted molar refractivity (Wildman–Crippen MR) is 78.8 cm³/mol. The number of hydrogen-bond donors (Lipinski definition) is 1. The van der Waals surface area contributed by atoms with Gasteiger partial charge in [-0.05, 0) is 37.1 Å². The molecule has 1 aromatic heterocycles. The zero-order valence-corrected chi connectivity index (χ0v) is 11.5. The van der Waals surface area contributed by atoms with Crippen LogP contribution in [0.25, 0.3) is 0 Å². The summed E-state index contributed by atoms with van der Waals surface area (Å²) in [6.45, 7) is 3.05. The van der Waals surface area contributed by atoms with E-state index in [0.29, 0.717) is 18.7 Å². The Kier molecular flexibility index (Phi) is 4.71. The first kappa shape index (κ1) is 14.1. The number of aromatic nitrogens is 1. The number of hydrogen-bond acceptors (Lipinski definition) is 2. The minimum absolute atomic E-state index is 0.000569. The van der Waals surface area contributed by atoms with Gasteiger partial charge in [0, 0.05) is 30.9 Å².